The van der Waals surface area contributed by atoms with Crippen molar-refractivity contribution >= 4 is 17.6 Å². The third-order valence-electron chi connectivity index (χ3n) is 3.58. The smallest absolute Gasteiger partial charge is 0.319 e. The Morgan fingerprint density at radius 2 is 2.00 bits per heavy atom. The molecule has 0 aliphatic carbocycles. The van der Waals surface area contributed by atoms with Crippen molar-refractivity contribution in [2.45, 2.75) is 25.4 Å². The van der Waals surface area contributed by atoms with Crippen LogP contribution in [0.5, 0.6) is 0 Å². The highest BCUT2D eigenvalue weighted by Gasteiger charge is 2.16. The normalized spacial score (nSPS) is 17.1. The van der Waals surface area contributed by atoms with Crippen molar-refractivity contribution in [3.63, 3.8) is 0 Å². The molecule has 1 aliphatic heterocycles. The van der Waals surface area contributed by atoms with E-state index in [-0.39, 0.29) is 18.0 Å². The van der Waals surface area contributed by atoms with Gasteiger partial charge in [0.05, 0.1) is 12.5 Å². The van der Waals surface area contributed by atoms with E-state index in [2.05, 4.69) is 10.6 Å². The van der Waals surface area contributed by atoms with E-state index in [1.807, 2.05) is 12.1 Å². The van der Waals surface area contributed by atoms with Crippen molar-refractivity contribution in [1.82, 2.24) is 10.2 Å². The monoisotopic (exact) mass is 305 g/mol. The molecule has 0 radical (unpaired) electrons. The maximum atomic E-state index is 11.8. The summed E-state index contributed by atoms with van der Waals surface area (Å²) in [5.41, 5.74) is 1.62. The van der Waals surface area contributed by atoms with E-state index in [9.17, 15) is 9.59 Å². The number of ether oxygens (including phenoxy) is 1. The first-order valence-corrected chi connectivity index (χ1v) is 7.50. The van der Waals surface area contributed by atoms with Gasteiger partial charge in [0.1, 0.15) is 0 Å². The third-order valence-corrected chi connectivity index (χ3v) is 3.58. The Hall–Kier alpha value is -2.08. The minimum Gasteiger partial charge on any atom is -0.376 e. The zero-order chi connectivity index (χ0) is 15.9. The third kappa shape index (κ3) is 5.04. The SMILES string of the molecule is CN(C)C(=O)Cc1ccc(NC(=O)NCC2CCCO2)cc1. The van der Waals surface area contributed by atoms with E-state index in [1.165, 1.54) is 0 Å². The molecular weight excluding hydrogens is 282 g/mol. The molecule has 1 fully saturated rings. The number of benzene rings is 1. The predicted octanol–water partition coefficient (Wildman–Crippen LogP) is 1.62. The Morgan fingerprint density at radius 1 is 1.27 bits per heavy atom. The summed E-state index contributed by atoms with van der Waals surface area (Å²) in [7, 11) is 3.47. The summed E-state index contributed by atoms with van der Waals surface area (Å²) >= 11 is 0. The highest BCUT2D eigenvalue weighted by Crippen LogP contribution is 2.12. The second-order valence-electron chi connectivity index (χ2n) is 5.63. The average molecular weight is 305 g/mol. The molecule has 1 saturated heterocycles. The number of hydrogen-bond acceptors (Lipinski definition) is 3. The number of anilines is 1. The van der Waals surface area contributed by atoms with Crippen molar-refractivity contribution in [2.75, 3.05) is 32.6 Å². The highest BCUT2D eigenvalue weighted by molar-refractivity contribution is 5.89. The molecule has 2 rings (SSSR count). The number of rotatable bonds is 5. The van der Waals surface area contributed by atoms with Crippen molar-refractivity contribution in [3.05, 3.63) is 29.8 Å². The molecule has 0 saturated carbocycles. The van der Waals surface area contributed by atoms with Gasteiger partial charge in [-0.2, -0.15) is 0 Å². The van der Waals surface area contributed by atoms with E-state index in [0.29, 0.717) is 18.7 Å². The van der Waals surface area contributed by atoms with Gasteiger partial charge in [0.15, 0.2) is 0 Å². The number of carbonyl (C=O) groups is 2. The Bertz CT molecular complexity index is 508. The van der Waals surface area contributed by atoms with E-state index >= 15 is 0 Å². The molecule has 120 valence electrons. The summed E-state index contributed by atoms with van der Waals surface area (Å²) in [5, 5.41) is 5.57. The lowest BCUT2D eigenvalue weighted by atomic mass is 10.1. The Balaban J connectivity index is 1.77. The fourth-order valence-electron chi connectivity index (χ4n) is 2.23. The minimum atomic E-state index is -0.243. The number of carbonyl (C=O) groups excluding carboxylic acids is 2. The Labute approximate surface area is 130 Å². The van der Waals surface area contributed by atoms with Crippen LogP contribution in [-0.4, -0.2) is 50.2 Å². The number of likely N-dealkylation sites (N-methyl/N-ethyl adjacent to an activating group) is 1. The summed E-state index contributed by atoms with van der Waals surface area (Å²) in [6.45, 7) is 1.31. The number of hydrogen-bond donors (Lipinski definition) is 2. The summed E-state index contributed by atoms with van der Waals surface area (Å²) in [4.78, 5) is 25.0. The van der Waals surface area contributed by atoms with Crippen LogP contribution in [0.3, 0.4) is 0 Å². The average Bonchev–Trinajstić information content (AvgIpc) is 3.00. The zero-order valence-electron chi connectivity index (χ0n) is 13.1. The molecule has 0 aromatic heterocycles. The van der Waals surface area contributed by atoms with Crippen molar-refractivity contribution in [3.8, 4) is 0 Å². The fraction of sp³-hybridized carbons (Fsp3) is 0.500. The van der Waals surface area contributed by atoms with E-state index in [0.717, 1.165) is 25.0 Å². The first kappa shape index (κ1) is 16.3. The summed E-state index contributed by atoms with van der Waals surface area (Å²) in [6, 6.07) is 7.04. The number of nitrogens with one attached hydrogen (secondary N) is 2. The molecule has 6 nitrogen and oxygen atoms in total. The van der Waals surface area contributed by atoms with Crippen LogP contribution in [0, 0.1) is 0 Å². The van der Waals surface area contributed by atoms with Crippen LogP contribution < -0.4 is 10.6 Å². The molecule has 1 aromatic rings. The summed E-state index contributed by atoms with van der Waals surface area (Å²) < 4.78 is 5.45. The van der Waals surface area contributed by atoms with E-state index in [1.54, 1.807) is 31.1 Å². The standard InChI is InChI=1S/C16H23N3O3/c1-19(2)15(20)10-12-5-7-13(8-6-12)18-16(21)17-11-14-4-3-9-22-14/h5-8,14H,3-4,9-11H2,1-2H3,(H2,17,18,21). The number of amides is 3. The van der Waals surface area contributed by atoms with Gasteiger partial charge in [-0.15, -0.1) is 0 Å². The molecule has 1 atom stereocenters. The van der Waals surface area contributed by atoms with Gasteiger partial charge in [-0.25, -0.2) is 4.79 Å². The van der Waals surface area contributed by atoms with Gasteiger partial charge in [0.25, 0.3) is 0 Å². The maximum Gasteiger partial charge on any atom is 0.319 e. The van der Waals surface area contributed by atoms with Gasteiger partial charge in [0, 0.05) is 32.9 Å². The van der Waals surface area contributed by atoms with Crippen LogP contribution in [0.4, 0.5) is 10.5 Å². The summed E-state index contributed by atoms with van der Waals surface area (Å²) in [6.07, 6.45) is 2.54. The topological polar surface area (TPSA) is 70.7 Å². The van der Waals surface area contributed by atoms with Gasteiger partial charge < -0.3 is 20.3 Å². The van der Waals surface area contributed by atoms with E-state index in [4.69, 9.17) is 4.74 Å². The Kier molecular flexibility index (Phi) is 5.77. The second-order valence-corrected chi connectivity index (χ2v) is 5.63. The fourth-order valence-corrected chi connectivity index (χ4v) is 2.23. The molecule has 0 spiro atoms. The van der Waals surface area contributed by atoms with Gasteiger partial charge in [-0.05, 0) is 30.5 Å². The first-order valence-electron chi connectivity index (χ1n) is 7.50. The molecule has 6 heteroatoms. The molecule has 1 unspecified atom stereocenters. The second kappa shape index (κ2) is 7.79. The maximum absolute atomic E-state index is 11.8. The van der Waals surface area contributed by atoms with Gasteiger partial charge >= 0.3 is 6.03 Å². The van der Waals surface area contributed by atoms with Crippen LogP contribution >= 0.6 is 0 Å². The van der Waals surface area contributed by atoms with Crippen molar-refractivity contribution in [1.29, 1.82) is 0 Å². The quantitative estimate of drug-likeness (QED) is 0.868. The van der Waals surface area contributed by atoms with Crippen molar-refractivity contribution < 1.29 is 14.3 Å². The highest BCUT2D eigenvalue weighted by atomic mass is 16.5. The van der Waals surface area contributed by atoms with Gasteiger partial charge in [0.2, 0.25) is 5.91 Å². The molecule has 0 bridgehead atoms. The predicted molar refractivity (Wildman–Crippen MR) is 84.8 cm³/mol. The molecule has 22 heavy (non-hydrogen) atoms. The van der Waals surface area contributed by atoms with Gasteiger partial charge in [-0.1, -0.05) is 12.1 Å². The van der Waals surface area contributed by atoms with Crippen LogP contribution in [0.1, 0.15) is 18.4 Å². The lowest BCUT2D eigenvalue weighted by molar-refractivity contribution is -0.127. The molecule has 3 amide bonds. The van der Waals surface area contributed by atoms with E-state index < -0.39 is 0 Å². The lowest BCUT2D eigenvalue weighted by Gasteiger charge is -2.12. The largest absolute Gasteiger partial charge is 0.376 e. The molecule has 1 heterocycles. The van der Waals surface area contributed by atoms with Crippen LogP contribution in [-0.2, 0) is 16.0 Å². The van der Waals surface area contributed by atoms with Crippen molar-refractivity contribution in [2.24, 2.45) is 0 Å². The first-order chi connectivity index (χ1) is 10.5. The van der Waals surface area contributed by atoms with Gasteiger partial charge in [-0.3, -0.25) is 4.79 Å². The number of nitrogens with zero attached hydrogens (tertiary/aromatic N) is 1. The Morgan fingerprint density at radius 3 is 2.59 bits per heavy atom. The molecule has 1 aliphatic rings. The molecular formula is C16H23N3O3. The zero-order valence-corrected chi connectivity index (χ0v) is 13.1. The molecule has 1 aromatic carbocycles. The lowest BCUT2D eigenvalue weighted by Crippen LogP contribution is -2.35. The summed E-state index contributed by atoms with van der Waals surface area (Å²) in [5.74, 6) is 0.0509. The van der Waals surface area contributed by atoms with Crippen LogP contribution in [0.25, 0.3) is 0 Å². The van der Waals surface area contributed by atoms with Crippen LogP contribution in [0.2, 0.25) is 0 Å². The minimum absolute atomic E-state index is 0.0509. The molecule has 2 N–H and O–H groups in total. The number of urea groups is 1. The van der Waals surface area contributed by atoms with Crippen LogP contribution in [0.15, 0.2) is 24.3 Å².